The Morgan fingerprint density at radius 3 is 2.33 bits per heavy atom. The average Bonchev–Trinajstić information content (AvgIpc) is 2.77. The number of sulfonamides is 1. The Labute approximate surface area is 194 Å². The van der Waals surface area contributed by atoms with Crippen molar-refractivity contribution < 1.29 is 22.8 Å². The fourth-order valence-corrected chi connectivity index (χ4v) is 4.74. The van der Waals surface area contributed by atoms with Crippen molar-refractivity contribution in [2.24, 2.45) is 0 Å². The van der Waals surface area contributed by atoms with Crippen LogP contribution < -0.4 is 21.5 Å². The maximum atomic E-state index is 13.1. The van der Waals surface area contributed by atoms with E-state index in [-0.39, 0.29) is 33.9 Å². The molecule has 1 atom stereocenters. The first-order chi connectivity index (χ1) is 15.5. The standard InChI is InChI=1S/C21H21ClFN3O6S/c1-11(10-12-4-6-13(23)7-5-12)24-16-17(20(29)19(16)28)25-15-9-8-14(22)21(18(15)27)33(30,31)26(2)32-3/h4-9,11,24-25,27H,10H2,1-3H3. The number of aromatic hydroxyl groups is 1. The number of benzene rings is 2. The van der Waals surface area contributed by atoms with Crippen molar-refractivity contribution in [3.63, 3.8) is 0 Å². The smallest absolute Gasteiger partial charge is 0.269 e. The predicted molar refractivity (Wildman–Crippen MR) is 123 cm³/mol. The first-order valence-corrected chi connectivity index (χ1v) is 11.4. The average molecular weight is 498 g/mol. The zero-order valence-electron chi connectivity index (χ0n) is 17.8. The normalized spacial score (nSPS) is 12.8. The number of hydrogen-bond acceptors (Lipinski definition) is 8. The molecule has 3 aromatic carbocycles. The number of nitrogens with zero attached hydrogens (tertiary/aromatic N) is 1. The Hall–Kier alpha value is -2.99. The number of hydrogen-bond donors (Lipinski definition) is 3. The summed E-state index contributed by atoms with van der Waals surface area (Å²) in [5, 5.41) is 15.9. The molecule has 176 valence electrons. The molecule has 0 aromatic heterocycles. The quantitative estimate of drug-likeness (QED) is 0.234. The van der Waals surface area contributed by atoms with Crippen LogP contribution in [0.1, 0.15) is 12.5 Å². The van der Waals surface area contributed by atoms with Crippen LogP contribution in [0.3, 0.4) is 0 Å². The highest BCUT2D eigenvalue weighted by Crippen LogP contribution is 2.39. The molecule has 1 unspecified atom stereocenters. The molecule has 33 heavy (non-hydrogen) atoms. The van der Waals surface area contributed by atoms with Gasteiger partial charge in [-0.2, -0.15) is 0 Å². The number of hydroxylamine groups is 1. The van der Waals surface area contributed by atoms with Crippen molar-refractivity contribution in [2.45, 2.75) is 24.3 Å². The lowest BCUT2D eigenvalue weighted by atomic mass is 10.1. The van der Waals surface area contributed by atoms with Crippen LogP contribution in [0.4, 0.5) is 21.5 Å². The van der Waals surface area contributed by atoms with Gasteiger partial charge in [0.1, 0.15) is 22.1 Å². The van der Waals surface area contributed by atoms with Crippen molar-refractivity contribution in [2.75, 3.05) is 24.8 Å². The molecular weight excluding hydrogens is 477 g/mol. The third kappa shape index (κ3) is 4.86. The van der Waals surface area contributed by atoms with E-state index in [0.717, 1.165) is 19.7 Å². The fraction of sp³-hybridized carbons (Fsp3) is 0.238. The van der Waals surface area contributed by atoms with Crippen LogP contribution in [0, 0.1) is 5.82 Å². The third-order valence-corrected chi connectivity index (χ3v) is 7.14. The molecule has 0 aliphatic carbocycles. The lowest BCUT2D eigenvalue weighted by molar-refractivity contribution is -0.0259. The number of anilines is 3. The van der Waals surface area contributed by atoms with Gasteiger partial charge in [-0.05, 0) is 43.2 Å². The van der Waals surface area contributed by atoms with Crippen LogP contribution in [0.25, 0.3) is 0 Å². The number of phenols is 1. The molecule has 12 heteroatoms. The van der Waals surface area contributed by atoms with Gasteiger partial charge in [0.2, 0.25) is 0 Å². The van der Waals surface area contributed by atoms with E-state index >= 15 is 0 Å². The van der Waals surface area contributed by atoms with E-state index in [2.05, 4.69) is 10.6 Å². The zero-order chi connectivity index (χ0) is 24.5. The summed E-state index contributed by atoms with van der Waals surface area (Å²) in [6.07, 6.45) is 0.441. The number of phenolic OH excluding ortho intramolecular Hbond substituents is 1. The Kier molecular flexibility index (Phi) is 7.08. The highest BCUT2D eigenvalue weighted by Gasteiger charge is 2.30. The largest absolute Gasteiger partial charge is 0.504 e. The maximum Gasteiger partial charge on any atom is 0.269 e. The molecule has 0 spiro atoms. The molecule has 0 aliphatic rings. The van der Waals surface area contributed by atoms with E-state index in [1.165, 1.54) is 24.3 Å². The molecule has 3 aromatic rings. The lowest BCUT2D eigenvalue weighted by Crippen LogP contribution is -2.38. The van der Waals surface area contributed by atoms with Gasteiger partial charge in [-0.25, -0.2) is 12.8 Å². The second-order valence-corrected chi connectivity index (χ2v) is 9.56. The van der Waals surface area contributed by atoms with E-state index in [1.54, 1.807) is 19.1 Å². The van der Waals surface area contributed by atoms with E-state index in [0.29, 0.717) is 10.9 Å². The number of halogens is 2. The first kappa shape index (κ1) is 24.6. The summed E-state index contributed by atoms with van der Waals surface area (Å²) < 4.78 is 38.8. The fourth-order valence-electron chi connectivity index (χ4n) is 3.17. The monoisotopic (exact) mass is 497 g/mol. The van der Waals surface area contributed by atoms with Crippen molar-refractivity contribution in [1.29, 1.82) is 0 Å². The summed E-state index contributed by atoms with van der Waals surface area (Å²) >= 11 is 5.99. The molecule has 0 saturated heterocycles. The van der Waals surface area contributed by atoms with Crippen LogP contribution in [-0.4, -0.2) is 38.2 Å². The Morgan fingerprint density at radius 1 is 1.12 bits per heavy atom. The maximum absolute atomic E-state index is 13.1. The minimum atomic E-state index is -4.31. The van der Waals surface area contributed by atoms with Gasteiger partial charge >= 0.3 is 0 Å². The van der Waals surface area contributed by atoms with Gasteiger partial charge in [0.15, 0.2) is 5.75 Å². The minimum absolute atomic E-state index is 0.0117. The van der Waals surface area contributed by atoms with Gasteiger partial charge in [-0.1, -0.05) is 28.2 Å². The molecule has 3 N–H and O–H groups in total. The molecule has 0 radical (unpaired) electrons. The van der Waals surface area contributed by atoms with Gasteiger partial charge in [-0.15, -0.1) is 0 Å². The van der Waals surface area contributed by atoms with Gasteiger partial charge in [-0.3, -0.25) is 14.4 Å². The Morgan fingerprint density at radius 2 is 1.73 bits per heavy atom. The van der Waals surface area contributed by atoms with Crippen LogP contribution in [0.5, 0.6) is 5.75 Å². The molecule has 9 nitrogen and oxygen atoms in total. The summed E-state index contributed by atoms with van der Waals surface area (Å²) in [5.41, 5.74) is -1.07. The number of rotatable bonds is 9. The van der Waals surface area contributed by atoms with Gasteiger partial charge in [0.05, 0.1) is 17.8 Å². The SMILES string of the molecule is CON(C)S(=O)(=O)c1c(Cl)ccc(Nc2c(NC(C)Cc3ccc(F)cc3)c(=O)c2=O)c1O. The summed E-state index contributed by atoms with van der Waals surface area (Å²) in [6.45, 7) is 1.77. The van der Waals surface area contributed by atoms with Crippen molar-refractivity contribution in [3.05, 3.63) is 73.2 Å². The van der Waals surface area contributed by atoms with Crippen molar-refractivity contribution in [3.8, 4) is 5.75 Å². The summed E-state index contributed by atoms with van der Waals surface area (Å²) in [5.74, 6) is -1.11. The van der Waals surface area contributed by atoms with Crippen LogP contribution in [-0.2, 0) is 21.3 Å². The summed E-state index contributed by atoms with van der Waals surface area (Å²) in [6, 6.07) is 8.05. The second-order valence-electron chi connectivity index (χ2n) is 7.28. The molecule has 0 amide bonds. The second kappa shape index (κ2) is 9.48. The van der Waals surface area contributed by atoms with E-state index < -0.39 is 31.5 Å². The van der Waals surface area contributed by atoms with Gasteiger partial charge < -0.3 is 15.7 Å². The van der Waals surface area contributed by atoms with Gasteiger partial charge in [0.25, 0.3) is 20.9 Å². The summed E-state index contributed by atoms with van der Waals surface area (Å²) in [7, 11) is -2.07. The number of nitrogens with one attached hydrogen (secondary N) is 2. The molecular formula is C21H21ClFN3O6S. The molecule has 3 rings (SSSR count). The third-order valence-electron chi connectivity index (χ3n) is 4.95. The van der Waals surface area contributed by atoms with E-state index in [1.807, 2.05) is 0 Å². The van der Waals surface area contributed by atoms with Crippen molar-refractivity contribution >= 4 is 38.7 Å². The Bertz CT molecular complexity index is 1350. The predicted octanol–water partition coefficient (Wildman–Crippen LogP) is 2.75. The van der Waals surface area contributed by atoms with Crippen molar-refractivity contribution in [1.82, 2.24) is 4.47 Å². The highest BCUT2D eigenvalue weighted by atomic mass is 35.5. The molecule has 0 saturated carbocycles. The molecule has 0 aliphatic heterocycles. The Balaban J connectivity index is 1.88. The van der Waals surface area contributed by atoms with Crippen LogP contribution in [0.2, 0.25) is 5.02 Å². The van der Waals surface area contributed by atoms with Crippen LogP contribution in [0.15, 0.2) is 50.9 Å². The molecule has 0 heterocycles. The topological polar surface area (TPSA) is 125 Å². The van der Waals surface area contributed by atoms with E-state index in [4.69, 9.17) is 16.4 Å². The molecule has 0 fully saturated rings. The highest BCUT2D eigenvalue weighted by molar-refractivity contribution is 7.89. The summed E-state index contributed by atoms with van der Waals surface area (Å²) in [4.78, 5) is 28.4. The first-order valence-electron chi connectivity index (χ1n) is 9.63. The zero-order valence-corrected chi connectivity index (χ0v) is 19.4. The van der Waals surface area contributed by atoms with E-state index in [9.17, 15) is 27.5 Å². The van der Waals surface area contributed by atoms with Crippen LogP contribution >= 0.6 is 11.6 Å². The lowest BCUT2D eigenvalue weighted by Gasteiger charge is -2.21. The van der Waals surface area contributed by atoms with Gasteiger partial charge in [0, 0.05) is 13.1 Å². The minimum Gasteiger partial charge on any atom is -0.504 e. The molecule has 0 bridgehead atoms.